The first-order valence-electron chi connectivity index (χ1n) is 12.9. The van der Waals surface area contributed by atoms with Gasteiger partial charge in [-0.3, -0.25) is 4.79 Å². The number of aromatic nitrogens is 2. The maximum absolute atomic E-state index is 11.8. The molecule has 186 valence electrons. The van der Waals surface area contributed by atoms with Crippen molar-refractivity contribution in [3.8, 4) is 28.3 Å². The molecule has 1 atom stereocenters. The molecule has 5 nitrogen and oxygen atoms in total. The van der Waals surface area contributed by atoms with E-state index in [0.29, 0.717) is 37.1 Å². The van der Waals surface area contributed by atoms with Gasteiger partial charge in [-0.2, -0.15) is 0 Å². The molecule has 0 bridgehead atoms. The molecule has 0 aliphatic carbocycles. The van der Waals surface area contributed by atoms with Gasteiger partial charge in [0.05, 0.1) is 25.6 Å². The quantitative estimate of drug-likeness (QED) is 0.181. The first-order chi connectivity index (χ1) is 17.1. The SMILES string of the molecule is CCCCCC(=O)OCC(C)Cc1ccc(-c2ccc(-c3ncc(OCCCC)cn3)cc2)cc1. The number of nitrogens with zero attached hydrogens (tertiary/aromatic N) is 2. The summed E-state index contributed by atoms with van der Waals surface area (Å²) in [6.07, 6.45) is 10.1. The van der Waals surface area contributed by atoms with Gasteiger partial charge in [0.1, 0.15) is 0 Å². The number of unbranched alkanes of at least 4 members (excludes halogenated alkanes) is 3. The Kier molecular flexibility index (Phi) is 10.7. The minimum Gasteiger partial charge on any atom is -0.490 e. The molecular weight excluding hydrogens is 436 g/mol. The van der Waals surface area contributed by atoms with Crippen molar-refractivity contribution >= 4 is 5.97 Å². The Morgan fingerprint density at radius 2 is 1.43 bits per heavy atom. The van der Waals surface area contributed by atoms with Gasteiger partial charge in [0, 0.05) is 12.0 Å². The predicted molar refractivity (Wildman–Crippen MR) is 141 cm³/mol. The van der Waals surface area contributed by atoms with Crippen LogP contribution in [0.3, 0.4) is 0 Å². The average molecular weight is 475 g/mol. The second kappa shape index (κ2) is 14.2. The fourth-order valence-electron chi connectivity index (χ4n) is 3.81. The highest BCUT2D eigenvalue weighted by Gasteiger charge is 2.09. The van der Waals surface area contributed by atoms with Crippen molar-refractivity contribution in [3.63, 3.8) is 0 Å². The van der Waals surface area contributed by atoms with Gasteiger partial charge in [-0.1, -0.05) is 88.6 Å². The first kappa shape index (κ1) is 26.4. The zero-order valence-electron chi connectivity index (χ0n) is 21.3. The summed E-state index contributed by atoms with van der Waals surface area (Å²) in [6.45, 7) is 7.56. The second-order valence-corrected chi connectivity index (χ2v) is 9.17. The third-order valence-electron chi connectivity index (χ3n) is 5.92. The Balaban J connectivity index is 1.50. The number of ether oxygens (including phenoxy) is 2. The van der Waals surface area contributed by atoms with Crippen molar-refractivity contribution in [2.75, 3.05) is 13.2 Å². The standard InChI is InChI=1S/C30H38N2O3/c1-4-6-8-9-29(33)35-22-23(3)19-24-10-12-25(13-11-24)26-14-16-27(17-15-26)30-31-20-28(21-32-30)34-18-7-5-2/h10-17,20-21,23H,4-9,18-19,22H2,1-3H3. The number of hydrogen-bond acceptors (Lipinski definition) is 5. The average Bonchev–Trinajstić information content (AvgIpc) is 2.89. The van der Waals surface area contributed by atoms with Gasteiger partial charge in [-0.05, 0) is 41.9 Å². The molecule has 3 aromatic rings. The van der Waals surface area contributed by atoms with Crippen molar-refractivity contribution in [1.82, 2.24) is 9.97 Å². The molecule has 0 amide bonds. The monoisotopic (exact) mass is 474 g/mol. The molecule has 0 radical (unpaired) electrons. The highest BCUT2D eigenvalue weighted by Crippen LogP contribution is 2.24. The van der Waals surface area contributed by atoms with Crippen LogP contribution >= 0.6 is 0 Å². The summed E-state index contributed by atoms with van der Waals surface area (Å²) in [6, 6.07) is 16.9. The van der Waals surface area contributed by atoms with Crippen molar-refractivity contribution in [2.45, 2.75) is 65.7 Å². The smallest absolute Gasteiger partial charge is 0.305 e. The zero-order chi connectivity index (χ0) is 24.9. The lowest BCUT2D eigenvalue weighted by Crippen LogP contribution is -2.13. The molecule has 0 N–H and O–H groups in total. The lowest BCUT2D eigenvalue weighted by molar-refractivity contribution is -0.145. The summed E-state index contributed by atoms with van der Waals surface area (Å²) in [5.74, 6) is 1.61. The van der Waals surface area contributed by atoms with Crippen LogP contribution in [0.1, 0.15) is 64.9 Å². The highest BCUT2D eigenvalue weighted by atomic mass is 16.5. The minimum atomic E-state index is -0.0780. The van der Waals surface area contributed by atoms with Crippen LogP contribution < -0.4 is 4.74 Å². The van der Waals surface area contributed by atoms with E-state index in [2.05, 4.69) is 67.1 Å². The van der Waals surface area contributed by atoms with Gasteiger partial charge in [0.25, 0.3) is 0 Å². The van der Waals surface area contributed by atoms with E-state index in [-0.39, 0.29) is 5.97 Å². The van der Waals surface area contributed by atoms with Crippen LogP contribution in [-0.4, -0.2) is 29.2 Å². The molecule has 2 aromatic carbocycles. The molecule has 0 fully saturated rings. The fourth-order valence-corrected chi connectivity index (χ4v) is 3.81. The van der Waals surface area contributed by atoms with E-state index >= 15 is 0 Å². The number of hydrogen-bond donors (Lipinski definition) is 0. The van der Waals surface area contributed by atoms with E-state index in [1.807, 2.05) is 12.1 Å². The Bertz CT molecular complexity index is 1010. The third kappa shape index (κ3) is 8.82. The molecule has 3 rings (SSSR count). The van der Waals surface area contributed by atoms with Crippen LogP contribution in [0.5, 0.6) is 5.75 Å². The zero-order valence-corrected chi connectivity index (χ0v) is 21.3. The first-order valence-corrected chi connectivity index (χ1v) is 12.9. The normalized spacial score (nSPS) is 11.7. The molecule has 1 aromatic heterocycles. The van der Waals surface area contributed by atoms with Gasteiger partial charge in [0.2, 0.25) is 0 Å². The summed E-state index contributed by atoms with van der Waals surface area (Å²) < 4.78 is 11.1. The summed E-state index contributed by atoms with van der Waals surface area (Å²) in [5.41, 5.74) is 4.53. The number of carbonyl (C=O) groups excluding carboxylic acids is 1. The molecule has 5 heteroatoms. The summed E-state index contributed by atoms with van der Waals surface area (Å²) in [4.78, 5) is 20.7. The Labute approximate surface area is 209 Å². The number of benzene rings is 2. The molecule has 0 saturated heterocycles. The van der Waals surface area contributed by atoms with Crippen LogP contribution in [0.15, 0.2) is 60.9 Å². The van der Waals surface area contributed by atoms with Crippen molar-refractivity contribution in [2.24, 2.45) is 5.92 Å². The Hall–Kier alpha value is -3.21. The molecule has 0 aliphatic heterocycles. The topological polar surface area (TPSA) is 61.3 Å². The lowest BCUT2D eigenvalue weighted by Gasteiger charge is -2.13. The summed E-state index contributed by atoms with van der Waals surface area (Å²) in [7, 11) is 0. The maximum Gasteiger partial charge on any atom is 0.305 e. The lowest BCUT2D eigenvalue weighted by atomic mass is 9.98. The van der Waals surface area contributed by atoms with Gasteiger partial charge < -0.3 is 9.47 Å². The van der Waals surface area contributed by atoms with Gasteiger partial charge in [-0.15, -0.1) is 0 Å². The van der Waals surface area contributed by atoms with Crippen LogP contribution in [0.4, 0.5) is 0 Å². The molecular formula is C30H38N2O3. The van der Waals surface area contributed by atoms with E-state index in [1.165, 1.54) is 5.56 Å². The highest BCUT2D eigenvalue weighted by molar-refractivity contribution is 5.69. The van der Waals surface area contributed by atoms with Crippen LogP contribution in [0.25, 0.3) is 22.5 Å². The van der Waals surface area contributed by atoms with E-state index < -0.39 is 0 Å². The minimum absolute atomic E-state index is 0.0780. The van der Waals surface area contributed by atoms with E-state index in [0.717, 1.165) is 55.2 Å². The Morgan fingerprint density at radius 1 is 0.829 bits per heavy atom. The largest absolute Gasteiger partial charge is 0.490 e. The number of carbonyl (C=O) groups is 1. The van der Waals surface area contributed by atoms with Gasteiger partial charge >= 0.3 is 5.97 Å². The van der Waals surface area contributed by atoms with E-state index in [1.54, 1.807) is 12.4 Å². The van der Waals surface area contributed by atoms with Crippen molar-refractivity contribution in [1.29, 1.82) is 0 Å². The molecule has 1 heterocycles. The predicted octanol–water partition coefficient (Wildman–Crippen LogP) is 7.29. The maximum atomic E-state index is 11.8. The van der Waals surface area contributed by atoms with Gasteiger partial charge in [-0.25, -0.2) is 9.97 Å². The van der Waals surface area contributed by atoms with Crippen molar-refractivity contribution < 1.29 is 14.3 Å². The Morgan fingerprint density at radius 3 is 2.06 bits per heavy atom. The summed E-state index contributed by atoms with van der Waals surface area (Å²) in [5, 5.41) is 0. The fraction of sp³-hybridized carbons (Fsp3) is 0.433. The van der Waals surface area contributed by atoms with Crippen LogP contribution in [0.2, 0.25) is 0 Å². The van der Waals surface area contributed by atoms with Crippen LogP contribution in [-0.2, 0) is 16.0 Å². The molecule has 0 saturated carbocycles. The summed E-state index contributed by atoms with van der Waals surface area (Å²) >= 11 is 0. The number of esters is 1. The molecule has 35 heavy (non-hydrogen) atoms. The number of rotatable bonds is 14. The van der Waals surface area contributed by atoms with E-state index in [9.17, 15) is 4.79 Å². The molecule has 0 aliphatic rings. The van der Waals surface area contributed by atoms with Crippen LogP contribution in [0, 0.1) is 5.92 Å². The van der Waals surface area contributed by atoms with Gasteiger partial charge in [0.15, 0.2) is 11.6 Å². The van der Waals surface area contributed by atoms with Crippen molar-refractivity contribution in [3.05, 3.63) is 66.5 Å². The molecule has 1 unspecified atom stereocenters. The second-order valence-electron chi connectivity index (χ2n) is 9.17. The third-order valence-corrected chi connectivity index (χ3v) is 5.92. The van der Waals surface area contributed by atoms with E-state index in [4.69, 9.17) is 9.47 Å². The molecule has 0 spiro atoms.